The van der Waals surface area contributed by atoms with Crippen molar-refractivity contribution in [2.75, 3.05) is 12.8 Å². The Hall–Kier alpha value is -1.88. The molecule has 1 aromatic carbocycles. The number of esters is 1. The fourth-order valence-electron chi connectivity index (χ4n) is 1.29. The molecule has 0 saturated heterocycles. The first kappa shape index (κ1) is 10.6. The van der Waals surface area contributed by atoms with Gasteiger partial charge in [-0.3, -0.25) is 0 Å². The van der Waals surface area contributed by atoms with Crippen LogP contribution in [0.1, 0.15) is 10.5 Å². The van der Waals surface area contributed by atoms with Crippen LogP contribution in [0.25, 0.3) is 10.6 Å². The molecule has 0 unspecified atom stereocenters. The third-order valence-corrected chi connectivity index (χ3v) is 2.97. The molecule has 0 aliphatic carbocycles. The van der Waals surface area contributed by atoms with E-state index in [2.05, 4.69) is 9.72 Å². The Morgan fingerprint density at radius 2 is 2.19 bits per heavy atom. The Kier molecular flexibility index (Phi) is 2.87. The Bertz CT molecular complexity index is 522. The number of para-hydroxylation sites is 1. The van der Waals surface area contributed by atoms with Gasteiger partial charge in [0.05, 0.1) is 7.11 Å². The summed E-state index contributed by atoms with van der Waals surface area (Å²) in [6.45, 7) is 0. The van der Waals surface area contributed by atoms with Gasteiger partial charge in [-0.1, -0.05) is 12.1 Å². The van der Waals surface area contributed by atoms with Gasteiger partial charge in [-0.15, -0.1) is 11.3 Å². The largest absolute Gasteiger partial charge is 0.464 e. The summed E-state index contributed by atoms with van der Waals surface area (Å²) in [6, 6.07) is 7.41. The standard InChI is InChI=1S/C11H10N2O2S/c1-15-11(14)9-6-16-10(13-9)7-4-2-3-5-8(7)12/h2-6H,12H2,1H3. The van der Waals surface area contributed by atoms with Crippen molar-refractivity contribution >= 4 is 23.0 Å². The van der Waals surface area contributed by atoms with Gasteiger partial charge >= 0.3 is 5.97 Å². The predicted octanol–water partition coefficient (Wildman–Crippen LogP) is 2.18. The van der Waals surface area contributed by atoms with Crippen LogP contribution in [0.5, 0.6) is 0 Å². The molecule has 0 bridgehead atoms. The number of carbonyl (C=O) groups excluding carboxylic acids is 1. The number of anilines is 1. The average Bonchev–Trinajstić information content (AvgIpc) is 2.78. The minimum atomic E-state index is -0.433. The molecule has 2 aromatic rings. The highest BCUT2D eigenvalue weighted by Gasteiger charge is 2.12. The van der Waals surface area contributed by atoms with Gasteiger partial charge in [0.2, 0.25) is 0 Å². The van der Waals surface area contributed by atoms with Crippen molar-refractivity contribution in [2.45, 2.75) is 0 Å². The van der Waals surface area contributed by atoms with E-state index in [0.29, 0.717) is 11.4 Å². The van der Waals surface area contributed by atoms with Gasteiger partial charge in [-0.25, -0.2) is 9.78 Å². The minimum absolute atomic E-state index is 0.311. The average molecular weight is 234 g/mol. The van der Waals surface area contributed by atoms with Gasteiger partial charge in [-0.05, 0) is 12.1 Å². The van der Waals surface area contributed by atoms with Gasteiger partial charge in [0, 0.05) is 16.6 Å². The normalized spacial score (nSPS) is 10.1. The summed E-state index contributed by atoms with van der Waals surface area (Å²) in [5.41, 5.74) is 7.61. The molecule has 0 fully saturated rings. The van der Waals surface area contributed by atoms with Crippen LogP contribution in [0.4, 0.5) is 5.69 Å². The molecule has 4 nitrogen and oxygen atoms in total. The number of nitrogens with zero attached hydrogens (tertiary/aromatic N) is 1. The van der Waals surface area contributed by atoms with Gasteiger partial charge in [0.15, 0.2) is 5.69 Å². The molecule has 1 aromatic heterocycles. The smallest absolute Gasteiger partial charge is 0.357 e. The minimum Gasteiger partial charge on any atom is -0.464 e. The molecule has 0 saturated carbocycles. The number of hydrogen-bond donors (Lipinski definition) is 1. The van der Waals surface area contributed by atoms with Crippen LogP contribution in [-0.4, -0.2) is 18.1 Å². The summed E-state index contributed by atoms with van der Waals surface area (Å²) in [5.74, 6) is -0.433. The summed E-state index contributed by atoms with van der Waals surface area (Å²) in [4.78, 5) is 15.4. The van der Waals surface area contributed by atoms with Crippen LogP contribution < -0.4 is 5.73 Å². The van der Waals surface area contributed by atoms with Crippen LogP contribution >= 0.6 is 11.3 Å². The molecule has 0 amide bonds. The molecule has 0 aliphatic rings. The van der Waals surface area contributed by atoms with Crippen LogP contribution in [-0.2, 0) is 4.74 Å². The molecule has 1 heterocycles. The number of nitrogen functional groups attached to an aromatic ring is 1. The van der Waals surface area contributed by atoms with Gasteiger partial charge in [0.25, 0.3) is 0 Å². The first-order chi connectivity index (χ1) is 7.72. The monoisotopic (exact) mass is 234 g/mol. The first-order valence-electron chi connectivity index (χ1n) is 4.61. The lowest BCUT2D eigenvalue weighted by Crippen LogP contribution is -2.01. The number of thiazole rings is 1. The number of hydrogen-bond acceptors (Lipinski definition) is 5. The first-order valence-corrected chi connectivity index (χ1v) is 5.49. The number of carbonyl (C=O) groups is 1. The summed E-state index contributed by atoms with van der Waals surface area (Å²) < 4.78 is 4.59. The van der Waals surface area contributed by atoms with Crippen molar-refractivity contribution in [3.05, 3.63) is 35.3 Å². The third kappa shape index (κ3) is 1.90. The zero-order valence-corrected chi connectivity index (χ0v) is 9.45. The maximum absolute atomic E-state index is 11.2. The molecule has 2 rings (SSSR count). The number of aromatic nitrogens is 1. The molecular weight excluding hydrogens is 224 g/mol. The maximum atomic E-state index is 11.2. The second kappa shape index (κ2) is 4.32. The molecular formula is C11H10N2O2S. The van der Waals surface area contributed by atoms with Gasteiger partial charge < -0.3 is 10.5 Å². The third-order valence-electron chi connectivity index (χ3n) is 2.09. The highest BCUT2D eigenvalue weighted by atomic mass is 32.1. The fourth-order valence-corrected chi connectivity index (χ4v) is 2.12. The number of methoxy groups -OCH3 is 1. The number of nitrogens with two attached hydrogens (primary N) is 1. The second-order valence-corrected chi connectivity index (χ2v) is 3.97. The predicted molar refractivity (Wildman–Crippen MR) is 63.3 cm³/mol. The molecule has 82 valence electrons. The Morgan fingerprint density at radius 3 is 2.88 bits per heavy atom. The van der Waals surface area contributed by atoms with Crippen LogP contribution in [0.3, 0.4) is 0 Å². The fraction of sp³-hybridized carbons (Fsp3) is 0.0909. The van der Waals surface area contributed by atoms with Crippen molar-refractivity contribution in [1.82, 2.24) is 4.98 Å². The Morgan fingerprint density at radius 1 is 1.44 bits per heavy atom. The van der Waals surface area contributed by atoms with E-state index in [1.54, 1.807) is 11.4 Å². The summed E-state index contributed by atoms with van der Waals surface area (Å²) in [7, 11) is 1.33. The number of ether oxygens (including phenoxy) is 1. The van der Waals surface area contributed by atoms with E-state index in [-0.39, 0.29) is 0 Å². The van der Waals surface area contributed by atoms with E-state index >= 15 is 0 Å². The zero-order chi connectivity index (χ0) is 11.5. The zero-order valence-electron chi connectivity index (χ0n) is 8.64. The van der Waals surface area contributed by atoms with Crippen molar-refractivity contribution in [3.63, 3.8) is 0 Å². The lowest BCUT2D eigenvalue weighted by molar-refractivity contribution is 0.0595. The van der Waals surface area contributed by atoms with E-state index in [9.17, 15) is 4.79 Å². The lowest BCUT2D eigenvalue weighted by atomic mass is 10.2. The van der Waals surface area contributed by atoms with Crippen LogP contribution in [0, 0.1) is 0 Å². The van der Waals surface area contributed by atoms with E-state index in [1.807, 2.05) is 18.2 Å². The summed E-state index contributed by atoms with van der Waals surface area (Å²) >= 11 is 1.37. The quantitative estimate of drug-likeness (QED) is 0.639. The van der Waals surface area contributed by atoms with Gasteiger partial charge in [-0.2, -0.15) is 0 Å². The van der Waals surface area contributed by atoms with E-state index < -0.39 is 5.97 Å². The van der Waals surface area contributed by atoms with Crippen molar-refractivity contribution < 1.29 is 9.53 Å². The van der Waals surface area contributed by atoms with Crippen molar-refractivity contribution in [2.24, 2.45) is 0 Å². The molecule has 5 heteroatoms. The lowest BCUT2D eigenvalue weighted by Gasteiger charge is -1.99. The molecule has 0 spiro atoms. The van der Waals surface area contributed by atoms with E-state index in [1.165, 1.54) is 18.4 Å². The highest BCUT2D eigenvalue weighted by molar-refractivity contribution is 7.13. The van der Waals surface area contributed by atoms with Gasteiger partial charge in [0.1, 0.15) is 5.01 Å². The highest BCUT2D eigenvalue weighted by Crippen LogP contribution is 2.28. The van der Waals surface area contributed by atoms with Crippen molar-refractivity contribution in [3.8, 4) is 10.6 Å². The molecule has 0 radical (unpaired) electrons. The SMILES string of the molecule is COC(=O)c1csc(-c2ccccc2N)n1. The van der Waals surface area contributed by atoms with Crippen LogP contribution in [0.15, 0.2) is 29.6 Å². The molecule has 2 N–H and O–H groups in total. The van der Waals surface area contributed by atoms with Crippen LogP contribution in [0.2, 0.25) is 0 Å². The van der Waals surface area contributed by atoms with E-state index in [0.717, 1.165) is 10.6 Å². The molecule has 16 heavy (non-hydrogen) atoms. The van der Waals surface area contributed by atoms with E-state index in [4.69, 9.17) is 5.73 Å². The molecule has 0 aliphatic heterocycles. The number of rotatable bonds is 2. The second-order valence-electron chi connectivity index (χ2n) is 3.12. The summed E-state index contributed by atoms with van der Waals surface area (Å²) in [5, 5.41) is 2.38. The Balaban J connectivity index is 2.39. The topological polar surface area (TPSA) is 65.2 Å². The maximum Gasteiger partial charge on any atom is 0.357 e. The van der Waals surface area contributed by atoms with Crippen molar-refractivity contribution in [1.29, 1.82) is 0 Å². The molecule has 0 atom stereocenters. The number of benzene rings is 1. The Labute approximate surface area is 96.7 Å². The summed E-state index contributed by atoms with van der Waals surface area (Å²) in [6.07, 6.45) is 0.